The summed E-state index contributed by atoms with van der Waals surface area (Å²) in [5.41, 5.74) is 1.19. The van der Waals surface area contributed by atoms with Gasteiger partial charge in [0, 0.05) is 36.9 Å². The summed E-state index contributed by atoms with van der Waals surface area (Å²) in [7, 11) is 0. The molecule has 78 valence electrons. The fraction of sp³-hybridized carbons (Fsp3) is 0.300. The van der Waals surface area contributed by atoms with Gasteiger partial charge in [-0.15, -0.1) is 0 Å². The molecule has 2 aromatic heterocycles. The lowest BCUT2D eigenvalue weighted by Crippen LogP contribution is -1.96. The van der Waals surface area contributed by atoms with Crippen molar-refractivity contribution >= 4 is 16.7 Å². The first-order valence-electron chi connectivity index (χ1n) is 4.84. The van der Waals surface area contributed by atoms with Crippen molar-refractivity contribution in [2.75, 3.05) is 11.9 Å². The highest BCUT2D eigenvalue weighted by atomic mass is 32.1. The van der Waals surface area contributed by atoms with Gasteiger partial charge < -0.3 is 5.32 Å². The largest absolute Gasteiger partial charge is 0.361 e. The summed E-state index contributed by atoms with van der Waals surface area (Å²) in [5, 5.41) is 4.04. The second-order valence-corrected chi connectivity index (χ2v) is 3.83. The third-order valence-electron chi connectivity index (χ3n) is 1.91. The van der Waals surface area contributed by atoms with Crippen LogP contribution in [0, 0.1) is 0 Å². The molecule has 5 heteroatoms. The lowest BCUT2D eigenvalue weighted by atomic mass is 10.2. The Morgan fingerprint density at radius 2 is 2.13 bits per heavy atom. The van der Waals surface area contributed by atoms with Crippen molar-refractivity contribution < 1.29 is 0 Å². The van der Waals surface area contributed by atoms with E-state index >= 15 is 0 Å². The molecule has 0 spiro atoms. The molecule has 2 heterocycles. The molecule has 15 heavy (non-hydrogen) atoms. The zero-order valence-corrected chi connectivity index (χ0v) is 9.29. The molecule has 0 aliphatic heterocycles. The van der Waals surface area contributed by atoms with Crippen LogP contribution in [0.1, 0.15) is 18.3 Å². The first-order chi connectivity index (χ1) is 7.38. The van der Waals surface area contributed by atoms with E-state index in [9.17, 15) is 0 Å². The molecule has 4 nitrogen and oxygen atoms in total. The number of nitrogens with one attached hydrogen (secondary N) is 1. The maximum atomic E-state index is 4.37. The zero-order valence-electron chi connectivity index (χ0n) is 8.47. The van der Waals surface area contributed by atoms with Gasteiger partial charge in [-0.25, -0.2) is 4.98 Å². The molecule has 0 radical (unpaired) electrons. The smallest absolute Gasteiger partial charge is 0.202 e. The number of rotatable bonds is 4. The Labute approximate surface area is 92.6 Å². The molecule has 0 unspecified atom stereocenters. The predicted octanol–water partition coefficient (Wildman–Crippen LogP) is 1.96. The Kier molecular flexibility index (Phi) is 3.24. The van der Waals surface area contributed by atoms with E-state index in [1.807, 2.05) is 19.1 Å². The fourth-order valence-electron chi connectivity index (χ4n) is 1.23. The molecule has 0 atom stereocenters. The van der Waals surface area contributed by atoms with Crippen molar-refractivity contribution in [1.29, 1.82) is 0 Å². The van der Waals surface area contributed by atoms with Crippen LogP contribution in [0.5, 0.6) is 0 Å². The highest BCUT2D eigenvalue weighted by Gasteiger charge is 2.03. The van der Waals surface area contributed by atoms with Crippen LogP contribution in [0.15, 0.2) is 24.5 Å². The normalized spacial score (nSPS) is 10.2. The number of pyridine rings is 1. The fourth-order valence-corrected chi connectivity index (χ4v) is 1.88. The summed E-state index contributed by atoms with van der Waals surface area (Å²) >= 11 is 1.41. The molecule has 0 aromatic carbocycles. The lowest BCUT2D eigenvalue weighted by Gasteiger charge is -1.95. The molecule has 2 rings (SSSR count). The lowest BCUT2D eigenvalue weighted by molar-refractivity contribution is 1.02. The third-order valence-corrected chi connectivity index (χ3v) is 2.62. The van der Waals surface area contributed by atoms with Gasteiger partial charge in [0.1, 0.15) is 5.82 Å². The Morgan fingerprint density at radius 3 is 2.87 bits per heavy atom. The van der Waals surface area contributed by atoms with Gasteiger partial charge in [0.05, 0.1) is 0 Å². The van der Waals surface area contributed by atoms with Gasteiger partial charge >= 0.3 is 0 Å². The van der Waals surface area contributed by atoms with Crippen LogP contribution in [-0.4, -0.2) is 20.9 Å². The number of aromatic nitrogens is 3. The van der Waals surface area contributed by atoms with Crippen molar-refractivity contribution in [2.24, 2.45) is 0 Å². The van der Waals surface area contributed by atoms with Crippen molar-refractivity contribution in [2.45, 2.75) is 13.3 Å². The second-order valence-electron chi connectivity index (χ2n) is 3.08. The number of hydrogen-bond acceptors (Lipinski definition) is 5. The molecule has 0 fully saturated rings. The maximum absolute atomic E-state index is 4.37. The quantitative estimate of drug-likeness (QED) is 0.855. The molecule has 2 aromatic rings. The molecular weight excluding hydrogens is 208 g/mol. The summed E-state index contributed by atoms with van der Waals surface area (Å²) in [6.45, 7) is 2.92. The minimum absolute atomic E-state index is 0.768. The van der Waals surface area contributed by atoms with E-state index in [-0.39, 0.29) is 0 Å². The standard InChI is InChI=1S/C10H12N4S/c1-2-12-10-13-9(14-15-10)7-8-3-5-11-6-4-8/h3-6H,2,7H2,1H3,(H,12,13,14). The second kappa shape index (κ2) is 4.84. The average Bonchev–Trinajstić information content (AvgIpc) is 2.68. The van der Waals surface area contributed by atoms with Gasteiger partial charge in [-0.2, -0.15) is 4.37 Å². The maximum Gasteiger partial charge on any atom is 0.202 e. The molecule has 0 aliphatic carbocycles. The average molecular weight is 220 g/mol. The molecule has 0 saturated carbocycles. The summed E-state index contributed by atoms with van der Waals surface area (Å²) in [6.07, 6.45) is 4.34. The molecule has 0 bridgehead atoms. The van der Waals surface area contributed by atoms with Crippen LogP contribution in [0.3, 0.4) is 0 Å². The van der Waals surface area contributed by atoms with Crippen LogP contribution < -0.4 is 5.32 Å². The first kappa shape index (κ1) is 10.0. The Morgan fingerprint density at radius 1 is 1.33 bits per heavy atom. The van der Waals surface area contributed by atoms with E-state index in [0.29, 0.717) is 0 Å². The highest BCUT2D eigenvalue weighted by molar-refractivity contribution is 7.09. The Bertz CT molecular complexity index is 412. The molecule has 0 amide bonds. The van der Waals surface area contributed by atoms with Crippen LogP contribution >= 0.6 is 11.5 Å². The van der Waals surface area contributed by atoms with Crippen LogP contribution in [0.4, 0.5) is 5.13 Å². The summed E-state index contributed by atoms with van der Waals surface area (Å²) in [5.74, 6) is 0.863. The Hall–Kier alpha value is -1.49. The molecule has 0 aliphatic rings. The number of nitrogens with zero attached hydrogens (tertiary/aromatic N) is 3. The van der Waals surface area contributed by atoms with E-state index in [4.69, 9.17) is 0 Å². The van der Waals surface area contributed by atoms with Gasteiger partial charge in [-0.1, -0.05) is 0 Å². The summed E-state index contributed by atoms with van der Waals surface area (Å²) < 4.78 is 4.28. The van der Waals surface area contributed by atoms with Crippen LogP contribution in [0.25, 0.3) is 0 Å². The van der Waals surface area contributed by atoms with Gasteiger partial charge in [-0.3, -0.25) is 4.98 Å². The summed E-state index contributed by atoms with van der Waals surface area (Å²) in [6, 6.07) is 3.96. The third kappa shape index (κ3) is 2.73. The van der Waals surface area contributed by atoms with Crippen molar-refractivity contribution in [3.05, 3.63) is 35.9 Å². The highest BCUT2D eigenvalue weighted by Crippen LogP contribution is 2.13. The molecule has 0 saturated heterocycles. The molecule has 1 N–H and O–H groups in total. The van der Waals surface area contributed by atoms with Gasteiger partial charge in [0.25, 0.3) is 0 Å². The molecular formula is C10H12N4S. The predicted molar refractivity (Wildman–Crippen MR) is 61.1 cm³/mol. The van der Waals surface area contributed by atoms with Crippen molar-refractivity contribution in [3.63, 3.8) is 0 Å². The van der Waals surface area contributed by atoms with Crippen molar-refractivity contribution in [3.8, 4) is 0 Å². The zero-order chi connectivity index (χ0) is 10.5. The van der Waals surface area contributed by atoms with E-state index in [2.05, 4.69) is 19.7 Å². The minimum Gasteiger partial charge on any atom is -0.361 e. The SMILES string of the molecule is CCNc1nc(Cc2ccncc2)ns1. The van der Waals surface area contributed by atoms with E-state index in [1.165, 1.54) is 17.1 Å². The van der Waals surface area contributed by atoms with Crippen LogP contribution in [0.2, 0.25) is 0 Å². The number of hydrogen-bond donors (Lipinski definition) is 1. The topological polar surface area (TPSA) is 50.7 Å². The van der Waals surface area contributed by atoms with E-state index in [1.54, 1.807) is 12.4 Å². The number of anilines is 1. The van der Waals surface area contributed by atoms with E-state index < -0.39 is 0 Å². The minimum atomic E-state index is 0.768. The van der Waals surface area contributed by atoms with Crippen molar-refractivity contribution in [1.82, 2.24) is 14.3 Å². The van der Waals surface area contributed by atoms with Gasteiger partial charge in [0.2, 0.25) is 5.13 Å². The monoisotopic (exact) mass is 220 g/mol. The van der Waals surface area contributed by atoms with Gasteiger partial charge in [-0.05, 0) is 24.6 Å². The Balaban J connectivity index is 2.05. The summed E-state index contributed by atoms with van der Waals surface area (Å²) in [4.78, 5) is 8.34. The first-order valence-corrected chi connectivity index (χ1v) is 5.61. The van der Waals surface area contributed by atoms with E-state index in [0.717, 1.165) is 23.9 Å². The van der Waals surface area contributed by atoms with Crippen LogP contribution in [-0.2, 0) is 6.42 Å². The van der Waals surface area contributed by atoms with Gasteiger partial charge in [0.15, 0.2) is 0 Å².